The van der Waals surface area contributed by atoms with E-state index in [1.165, 1.54) is 0 Å². The number of rotatable bonds is 3. The van der Waals surface area contributed by atoms with Gasteiger partial charge in [0.2, 0.25) is 5.89 Å². The van der Waals surface area contributed by atoms with Gasteiger partial charge in [0.1, 0.15) is 5.75 Å². The van der Waals surface area contributed by atoms with Crippen molar-refractivity contribution >= 4 is 0 Å². The maximum atomic E-state index is 5.78. The molecule has 0 saturated carbocycles. The van der Waals surface area contributed by atoms with Crippen molar-refractivity contribution in [1.29, 1.82) is 0 Å². The Labute approximate surface area is 117 Å². The first-order valence-electron chi connectivity index (χ1n) is 6.29. The molecule has 0 aliphatic carbocycles. The van der Waals surface area contributed by atoms with Crippen LogP contribution >= 0.6 is 0 Å². The molecule has 20 heavy (non-hydrogen) atoms. The monoisotopic (exact) mass is 266 g/mol. The van der Waals surface area contributed by atoms with Gasteiger partial charge in [-0.1, -0.05) is 0 Å². The van der Waals surface area contributed by atoms with Crippen LogP contribution in [0.25, 0.3) is 22.8 Å². The molecule has 3 aromatic rings. The van der Waals surface area contributed by atoms with Gasteiger partial charge in [-0.15, -0.1) is 0 Å². The minimum atomic E-state index is 0.573. The van der Waals surface area contributed by atoms with Crippen LogP contribution < -0.4 is 4.74 Å². The Morgan fingerprint density at radius 2 is 1.65 bits per heavy atom. The third-order valence-electron chi connectivity index (χ3n) is 3.04. The van der Waals surface area contributed by atoms with Gasteiger partial charge >= 0.3 is 0 Å². The summed E-state index contributed by atoms with van der Waals surface area (Å²) in [7, 11) is 1.64. The predicted octanol–water partition coefficient (Wildman–Crippen LogP) is 3.72. The van der Waals surface area contributed by atoms with Gasteiger partial charge in [0, 0.05) is 17.5 Å². The standard InChI is InChI=1S/C16H14N2O2/c1-11-3-4-13(9-17-11)16-18-10-15(20-16)12-5-7-14(19-2)8-6-12/h3-10H,1-2H3. The molecule has 4 heteroatoms. The summed E-state index contributed by atoms with van der Waals surface area (Å²) in [5.74, 6) is 2.11. The number of ether oxygens (including phenoxy) is 1. The fourth-order valence-electron chi connectivity index (χ4n) is 1.89. The first-order chi connectivity index (χ1) is 9.76. The lowest BCUT2D eigenvalue weighted by Gasteiger charge is -2.00. The molecule has 0 spiro atoms. The SMILES string of the molecule is COc1ccc(-c2cnc(-c3ccc(C)nc3)o2)cc1. The molecular formula is C16H14N2O2. The van der Waals surface area contributed by atoms with E-state index in [-0.39, 0.29) is 0 Å². The minimum Gasteiger partial charge on any atom is -0.497 e. The highest BCUT2D eigenvalue weighted by Crippen LogP contribution is 2.26. The van der Waals surface area contributed by atoms with E-state index >= 15 is 0 Å². The fourth-order valence-corrected chi connectivity index (χ4v) is 1.89. The van der Waals surface area contributed by atoms with Crippen molar-refractivity contribution in [2.24, 2.45) is 0 Å². The maximum absolute atomic E-state index is 5.78. The molecule has 0 atom stereocenters. The molecule has 0 unspecified atom stereocenters. The van der Waals surface area contributed by atoms with Crippen LogP contribution in [-0.4, -0.2) is 17.1 Å². The van der Waals surface area contributed by atoms with Crippen molar-refractivity contribution in [2.45, 2.75) is 6.92 Å². The Bertz CT molecular complexity index is 700. The Morgan fingerprint density at radius 3 is 2.30 bits per heavy atom. The molecule has 100 valence electrons. The molecule has 0 aliphatic heterocycles. The van der Waals surface area contributed by atoms with Crippen LogP contribution in [0, 0.1) is 6.92 Å². The zero-order valence-electron chi connectivity index (χ0n) is 11.3. The number of pyridine rings is 1. The third-order valence-corrected chi connectivity index (χ3v) is 3.04. The Kier molecular flexibility index (Phi) is 3.21. The quantitative estimate of drug-likeness (QED) is 0.725. The summed E-state index contributed by atoms with van der Waals surface area (Å²) in [4.78, 5) is 8.54. The zero-order chi connectivity index (χ0) is 13.9. The molecule has 0 N–H and O–H groups in total. The van der Waals surface area contributed by atoms with Gasteiger partial charge in [0.25, 0.3) is 0 Å². The molecule has 3 rings (SSSR count). The fraction of sp³-hybridized carbons (Fsp3) is 0.125. The van der Waals surface area contributed by atoms with Crippen LogP contribution in [-0.2, 0) is 0 Å². The number of hydrogen-bond acceptors (Lipinski definition) is 4. The molecule has 1 aromatic carbocycles. The Morgan fingerprint density at radius 1 is 0.900 bits per heavy atom. The van der Waals surface area contributed by atoms with Gasteiger partial charge in [-0.25, -0.2) is 4.98 Å². The van der Waals surface area contributed by atoms with Gasteiger partial charge in [0.15, 0.2) is 5.76 Å². The van der Waals surface area contributed by atoms with E-state index in [1.807, 2.05) is 43.3 Å². The molecule has 0 aliphatic rings. The Hall–Kier alpha value is -2.62. The largest absolute Gasteiger partial charge is 0.497 e. The second-order valence-corrected chi connectivity index (χ2v) is 4.45. The summed E-state index contributed by atoms with van der Waals surface area (Å²) in [5.41, 5.74) is 2.80. The van der Waals surface area contributed by atoms with Gasteiger partial charge in [-0.3, -0.25) is 4.98 Å². The lowest BCUT2D eigenvalue weighted by molar-refractivity contribution is 0.415. The maximum Gasteiger partial charge on any atom is 0.228 e. The number of methoxy groups -OCH3 is 1. The summed E-state index contributed by atoms with van der Waals surface area (Å²) in [6.45, 7) is 1.95. The summed E-state index contributed by atoms with van der Waals surface area (Å²) < 4.78 is 10.9. The van der Waals surface area contributed by atoms with E-state index in [1.54, 1.807) is 19.5 Å². The van der Waals surface area contributed by atoms with Crippen LogP contribution in [0.2, 0.25) is 0 Å². The minimum absolute atomic E-state index is 0.573. The smallest absolute Gasteiger partial charge is 0.228 e. The number of aromatic nitrogens is 2. The van der Waals surface area contributed by atoms with Crippen LogP contribution in [0.4, 0.5) is 0 Å². The molecule has 0 fully saturated rings. The van der Waals surface area contributed by atoms with Crippen molar-refractivity contribution in [3.63, 3.8) is 0 Å². The zero-order valence-corrected chi connectivity index (χ0v) is 11.3. The van der Waals surface area contributed by atoms with E-state index in [0.717, 1.165) is 28.3 Å². The van der Waals surface area contributed by atoms with Gasteiger partial charge in [0.05, 0.1) is 18.9 Å². The average molecular weight is 266 g/mol. The lowest BCUT2D eigenvalue weighted by Crippen LogP contribution is -1.82. The normalized spacial score (nSPS) is 10.5. The first-order valence-corrected chi connectivity index (χ1v) is 6.29. The molecular weight excluding hydrogens is 252 g/mol. The number of aryl methyl sites for hydroxylation is 1. The molecule has 0 amide bonds. The van der Waals surface area contributed by atoms with E-state index < -0.39 is 0 Å². The highest BCUT2D eigenvalue weighted by atomic mass is 16.5. The highest BCUT2D eigenvalue weighted by molar-refractivity contribution is 5.61. The molecule has 0 bridgehead atoms. The second-order valence-electron chi connectivity index (χ2n) is 4.45. The van der Waals surface area contributed by atoms with Crippen molar-refractivity contribution in [2.75, 3.05) is 7.11 Å². The summed E-state index contributed by atoms with van der Waals surface area (Å²) in [6.07, 6.45) is 3.48. The second kappa shape index (κ2) is 5.17. The first kappa shape index (κ1) is 12.4. The van der Waals surface area contributed by atoms with Crippen LogP contribution in [0.15, 0.2) is 53.2 Å². The van der Waals surface area contributed by atoms with Crippen LogP contribution in [0.1, 0.15) is 5.69 Å². The van der Waals surface area contributed by atoms with Gasteiger partial charge in [-0.05, 0) is 43.3 Å². The Balaban J connectivity index is 1.91. The predicted molar refractivity (Wildman–Crippen MR) is 76.5 cm³/mol. The number of benzene rings is 1. The molecule has 0 saturated heterocycles. The van der Waals surface area contributed by atoms with Crippen LogP contribution in [0.3, 0.4) is 0 Å². The van der Waals surface area contributed by atoms with E-state index in [9.17, 15) is 0 Å². The van der Waals surface area contributed by atoms with E-state index in [2.05, 4.69) is 9.97 Å². The molecule has 4 nitrogen and oxygen atoms in total. The average Bonchev–Trinajstić information content (AvgIpc) is 2.98. The van der Waals surface area contributed by atoms with Crippen molar-refractivity contribution < 1.29 is 9.15 Å². The number of nitrogens with zero attached hydrogens (tertiary/aromatic N) is 2. The highest BCUT2D eigenvalue weighted by Gasteiger charge is 2.08. The summed E-state index contributed by atoms with van der Waals surface area (Å²) in [5, 5.41) is 0. The molecule has 0 radical (unpaired) electrons. The topological polar surface area (TPSA) is 48.2 Å². The number of hydrogen-bond donors (Lipinski definition) is 0. The molecule has 2 heterocycles. The summed E-state index contributed by atoms with van der Waals surface area (Å²) in [6, 6.07) is 11.6. The van der Waals surface area contributed by atoms with Gasteiger partial charge in [-0.2, -0.15) is 0 Å². The third kappa shape index (κ3) is 2.40. The van der Waals surface area contributed by atoms with Crippen molar-refractivity contribution in [3.05, 3.63) is 54.5 Å². The van der Waals surface area contributed by atoms with Crippen LogP contribution in [0.5, 0.6) is 5.75 Å². The van der Waals surface area contributed by atoms with Crippen molar-refractivity contribution in [1.82, 2.24) is 9.97 Å². The lowest BCUT2D eigenvalue weighted by atomic mass is 10.2. The van der Waals surface area contributed by atoms with E-state index in [4.69, 9.17) is 9.15 Å². The summed E-state index contributed by atoms with van der Waals surface area (Å²) >= 11 is 0. The number of oxazole rings is 1. The molecule has 2 aromatic heterocycles. The van der Waals surface area contributed by atoms with Crippen molar-refractivity contribution in [3.8, 4) is 28.5 Å². The van der Waals surface area contributed by atoms with E-state index in [0.29, 0.717) is 5.89 Å². The van der Waals surface area contributed by atoms with Gasteiger partial charge < -0.3 is 9.15 Å².